The van der Waals surface area contributed by atoms with Crippen LogP contribution in [0, 0.1) is 13.8 Å². The minimum atomic E-state index is 0.214. The molecular weight excluding hydrogens is 280 g/mol. The van der Waals surface area contributed by atoms with Crippen molar-refractivity contribution in [2.45, 2.75) is 39.7 Å². The summed E-state index contributed by atoms with van der Waals surface area (Å²) in [6, 6.07) is 0.263. The molecule has 22 heavy (non-hydrogen) atoms. The second-order valence-electron chi connectivity index (χ2n) is 5.87. The van der Waals surface area contributed by atoms with Crippen molar-refractivity contribution >= 4 is 11.7 Å². The lowest BCUT2D eigenvalue weighted by Gasteiger charge is -2.34. The minimum absolute atomic E-state index is 0.214. The summed E-state index contributed by atoms with van der Waals surface area (Å²) in [5.74, 6) is 0.826. The third-order valence-corrected chi connectivity index (χ3v) is 4.40. The maximum absolute atomic E-state index is 12.5. The van der Waals surface area contributed by atoms with E-state index in [4.69, 9.17) is 0 Å². The number of amides is 1. The minimum Gasteiger partial charge on any atom is -0.337 e. The molecule has 0 radical (unpaired) electrons. The molecule has 3 rings (SSSR count). The molecule has 7 nitrogen and oxygen atoms in total. The molecule has 0 saturated carbocycles. The number of hydrogen-bond donors (Lipinski definition) is 1. The third kappa shape index (κ3) is 2.68. The Morgan fingerprint density at radius 1 is 1.45 bits per heavy atom. The molecule has 0 aliphatic carbocycles. The van der Waals surface area contributed by atoms with Gasteiger partial charge in [0.1, 0.15) is 6.33 Å². The molecule has 1 amide bonds. The number of nitrogens with zero attached hydrogens (tertiary/aromatic N) is 5. The fraction of sp³-hybridized carbons (Fsp3) is 0.600. The van der Waals surface area contributed by atoms with E-state index >= 15 is 0 Å². The first-order valence-corrected chi connectivity index (χ1v) is 7.74. The highest BCUT2D eigenvalue weighted by molar-refractivity contribution is 5.77. The van der Waals surface area contributed by atoms with Crippen molar-refractivity contribution in [3.8, 4) is 0 Å². The highest BCUT2D eigenvalue weighted by atomic mass is 16.2. The van der Waals surface area contributed by atoms with Gasteiger partial charge in [0.2, 0.25) is 5.91 Å². The summed E-state index contributed by atoms with van der Waals surface area (Å²) in [4.78, 5) is 23.0. The van der Waals surface area contributed by atoms with Gasteiger partial charge >= 0.3 is 0 Å². The number of hydrogen-bond acceptors (Lipinski definition) is 5. The average Bonchev–Trinajstić information content (AvgIpc) is 2.95. The first-order valence-electron chi connectivity index (χ1n) is 7.74. The Labute approximate surface area is 129 Å². The largest absolute Gasteiger partial charge is 0.337 e. The lowest BCUT2D eigenvalue weighted by molar-refractivity contribution is -0.133. The van der Waals surface area contributed by atoms with Gasteiger partial charge in [-0.25, -0.2) is 9.50 Å². The van der Waals surface area contributed by atoms with Gasteiger partial charge in [-0.2, -0.15) is 10.1 Å². The van der Waals surface area contributed by atoms with Crippen molar-refractivity contribution < 1.29 is 4.79 Å². The molecular formula is C15H22N6O. The first kappa shape index (κ1) is 14.9. The predicted octanol–water partition coefficient (Wildman–Crippen LogP) is 0.494. The van der Waals surface area contributed by atoms with Crippen molar-refractivity contribution in [1.82, 2.24) is 29.8 Å². The van der Waals surface area contributed by atoms with Crippen molar-refractivity contribution in [3.63, 3.8) is 0 Å². The van der Waals surface area contributed by atoms with Gasteiger partial charge in [0, 0.05) is 43.5 Å². The zero-order valence-corrected chi connectivity index (χ0v) is 13.3. The van der Waals surface area contributed by atoms with Crippen LogP contribution in [0.25, 0.3) is 5.78 Å². The summed E-state index contributed by atoms with van der Waals surface area (Å²) in [5, 5.41) is 7.49. The molecule has 118 valence electrons. The molecule has 0 spiro atoms. The van der Waals surface area contributed by atoms with Crippen molar-refractivity contribution in [2.75, 3.05) is 19.6 Å². The Bertz CT molecular complexity index is 695. The number of carbonyl (C=O) groups excluding carboxylic acids is 1. The molecule has 3 heterocycles. The molecule has 1 aliphatic heterocycles. The SMILES string of the molecule is Cc1nc2ncnn2c(C)c1CCC(=O)N1CCNC[C@@H]1C. The van der Waals surface area contributed by atoms with E-state index in [1.165, 1.54) is 6.33 Å². The molecule has 0 aromatic carbocycles. The molecule has 7 heteroatoms. The summed E-state index contributed by atoms with van der Waals surface area (Å²) in [6.45, 7) is 8.59. The lowest BCUT2D eigenvalue weighted by atomic mass is 10.1. The van der Waals surface area contributed by atoms with Crippen LogP contribution in [0.3, 0.4) is 0 Å². The van der Waals surface area contributed by atoms with E-state index in [1.54, 1.807) is 4.52 Å². The van der Waals surface area contributed by atoms with Crippen LogP contribution in [0.1, 0.15) is 30.3 Å². The Morgan fingerprint density at radius 3 is 3.05 bits per heavy atom. The van der Waals surface area contributed by atoms with Gasteiger partial charge in [-0.1, -0.05) is 0 Å². The fourth-order valence-electron chi connectivity index (χ4n) is 3.10. The second-order valence-corrected chi connectivity index (χ2v) is 5.87. The zero-order valence-electron chi connectivity index (χ0n) is 13.3. The summed E-state index contributed by atoms with van der Waals surface area (Å²) >= 11 is 0. The van der Waals surface area contributed by atoms with E-state index < -0.39 is 0 Å². The van der Waals surface area contributed by atoms with Gasteiger partial charge in [0.05, 0.1) is 0 Å². The van der Waals surface area contributed by atoms with Crippen LogP contribution in [-0.4, -0.2) is 56.1 Å². The Hall–Kier alpha value is -2.02. The first-order chi connectivity index (χ1) is 10.6. The van der Waals surface area contributed by atoms with Gasteiger partial charge in [-0.15, -0.1) is 0 Å². The van der Waals surface area contributed by atoms with E-state index in [0.717, 1.165) is 36.6 Å². The van der Waals surface area contributed by atoms with Crippen LogP contribution >= 0.6 is 0 Å². The zero-order chi connectivity index (χ0) is 15.7. The number of aromatic nitrogens is 4. The summed E-state index contributed by atoms with van der Waals surface area (Å²) < 4.78 is 1.74. The van der Waals surface area contributed by atoms with Gasteiger partial charge in [-0.3, -0.25) is 4.79 Å². The van der Waals surface area contributed by atoms with E-state index in [1.807, 2.05) is 18.7 Å². The Kier molecular flexibility index (Phi) is 4.06. The molecule has 0 bridgehead atoms. The van der Waals surface area contributed by atoms with Gasteiger partial charge in [-0.05, 0) is 32.8 Å². The molecule has 0 unspecified atom stereocenters. The maximum Gasteiger partial charge on any atom is 0.252 e. The number of fused-ring (bicyclic) bond motifs is 1. The number of carbonyl (C=O) groups is 1. The highest BCUT2D eigenvalue weighted by Gasteiger charge is 2.23. The monoisotopic (exact) mass is 302 g/mol. The van der Waals surface area contributed by atoms with E-state index in [2.05, 4.69) is 27.3 Å². The molecule has 1 saturated heterocycles. The molecule has 1 N–H and O–H groups in total. The number of nitrogens with one attached hydrogen (secondary N) is 1. The molecule has 2 aromatic rings. The van der Waals surface area contributed by atoms with Gasteiger partial charge < -0.3 is 10.2 Å². The maximum atomic E-state index is 12.5. The molecule has 1 fully saturated rings. The van der Waals surface area contributed by atoms with Crippen LogP contribution in [0.4, 0.5) is 0 Å². The average molecular weight is 302 g/mol. The van der Waals surface area contributed by atoms with Crippen LogP contribution in [0.2, 0.25) is 0 Å². The molecule has 1 aliphatic rings. The van der Waals surface area contributed by atoms with Crippen LogP contribution in [-0.2, 0) is 11.2 Å². The Balaban J connectivity index is 1.74. The van der Waals surface area contributed by atoms with Crippen LogP contribution in [0.5, 0.6) is 0 Å². The fourth-order valence-corrected chi connectivity index (χ4v) is 3.10. The lowest BCUT2D eigenvalue weighted by Crippen LogP contribution is -2.52. The quantitative estimate of drug-likeness (QED) is 0.893. The number of rotatable bonds is 3. The normalized spacial score (nSPS) is 18.9. The standard InChI is InChI=1S/C15H22N6O/c1-10-8-16-6-7-20(10)14(22)5-4-13-11(2)19-15-17-9-18-21(15)12(13)3/h9-10,16H,4-8H2,1-3H3/t10-/m0/s1. The van der Waals surface area contributed by atoms with Gasteiger partial charge in [0.25, 0.3) is 5.78 Å². The second kappa shape index (κ2) is 6.00. The van der Waals surface area contributed by atoms with Crippen molar-refractivity contribution in [1.29, 1.82) is 0 Å². The summed E-state index contributed by atoms with van der Waals surface area (Å²) in [5.41, 5.74) is 3.04. The summed E-state index contributed by atoms with van der Waals surface area (Å²) in [6.07, 6.45) is 2.70. The molecule has 1 atom stereocenters. The predicted molar refractivity (Wildman–Crippen MR) is 82.6 cm³/mol. The third-order valence-electron chi connectivity index (χ3n) is 4.40. The topological polar surface area (TPSA) is 75.4 Å². The highest BCUT2D eigenvalue weighted by Crippen LogP contribution is 2.16. The van der Waals surface area contributed by atoms with E-state index in [-0.39, 0.29) is 11.9 Å². The van der Waals surface area contributed by atoms with E-state index in [0.29, 0.717) is 18.6 Å². The van der Waals surface area contributed by atoms with Crippen LogP contribution < -0.4 is 5.32 Å². The smallest absolute Gasteiger partial charge is 0.252 e. The number of aryl methyl sites for hydroxylation is 2. The Morgan fingerprint density at radius 2 is 2.27 bits per heavy atom. The van der Waals surface area contributed by atoms with Crippen molar-refractivity contribution in [3.05, 3.63) is 23.3 Å². The van der Waals surface area contributed by atoms with Crippen molar-refractivity contribution in [2.24, 2.45) is 0 Å². The number of piperazine rings is 1. The van der Waals surface area contributed by atoms with E-state index in [9.17, 15) is 4.79 Å². The van der Waals surface area contributed by atoms with Gasteiger partial charge in [0.15, 0.2) is 0 Å². The molecule has 2 aromatic heterocycles. The summed E-state index contributed by atoms with van der Waals surface area (Å²) in [7, 11) is 0. The van der Waals surface area contributed by atoms with Crippen LogP contribution in [0.15, 0.2) is 6.33 Å².